The third kappa shape index (κ3) is 4.82. The number of aliphatic hydroxyl groups is 1. The highest BCUT2D eigenvalue weighted by atomic mass is 16.4. The van der Waals surface area contributed by atoms with E-state index in [-0.39, 0.29) is 12.5 Å². The quantitative estimate of drug-likeness (QED) is 0.486. The summed E-state index contributed by atoms with van der Waals surface area (Å²) < 4.78 is 0. The number of hydrogen-bond donors (Lipinski definition) is 2. The first-order valence-corrected chi connectivity index (χ1v) is 4.81. The standard InChI is InChI=1S/C11H18O3/c1-3-5-9(6-7-12)8-10(4-2)11(13)14/h3,8-9,12H,1,4-7H2,2H3,(H,13,14). The van der Waals surface area contributed by atoms with Gasteiger partial charge in [-0.25, -0.2) is 4.79 Å². The van der Waals surface area contributed by atoms with E-state index in [0.717, 1.165) is 0 Å². The summed E-state index contributed by atoms with van der Waals surface area (Å²) in [5.41, 5.74) is 0.408. The molecule has 0 aromatic heterocycles. The lowest BCUT2D eigenvalue weighted by atomic mass is 9.97. The van der Waals surface area contributed by atoms with Gasteiger partial charge in [0.1, 0.15) is 0 Å². The Morgan fingerprint density at radius 2 is 2.21 bits per heavy atom. The van der Waals surface area contributed by atoms with Crippen molar-refractivity contribution in [2.45, 2.75) is 26.2 Å². The first-order valence-electron chi connectivity index (χ1n) is 4.81. The Hall–Kier alpha value is -1.09. The zero-order valence-electron chi connectivity index (χ0n) is 8.57. The number of rotatable bonds is 7. The third-order valence-corrected chi connectivity index (χ3v) is 2.06. The topological polar surface area (TPSA) is 57.5 Å². The second-order valence-corrected chi connectivity index (χ2v) is 3.15. The van der Waals surface area contributed by atoms with E-state index in [9.17, 15) is 4.79 Å². The molecular formula is C11H18O3. The summed E-state index contributed by atoms with van der Waals surface area (Å²) in [6.45, 7) is 5.49. The number of carboxylic acid groups (broad SMARTS) is 1. The third-order valence-electron chi connectivity index (χ3n) is 2.06. The summed E-state index contributed by atoms with van der Waals surface area (Å²) >= 11 is 0. The Labute approximate surface area is 84.8 Å². The number of hydrogen-bond acceptors (Lipinski definition) is 2. The van der Waals surface area contributed by atoms with Crippen molar-refractivity contribution >= 4 is 5.97 Å². The van der Waals surface area contributed by atoms with Gasteiger partial charge >= 0.3 is 5.97 Å². The van der Waals surface area contributed by atoms with Gasteiger partial charge in [-0.1, -0.05) is 19.1 Å². The molecule has 0 amide bonds. The van der Waals surface area contributed by atoms with Gasteiger partial charge in [0, 0.05) is 12.2 Å². The maximum absolute atomic E-state index is 10.7. The minimum atomic E-state index is -0.875. The minimum Gasteiger partial charge on any atom is -0.478 e. The van der Waals surface area contributed by atoms with Crippen LogP contribution in [0.5, 0.6) is 0 Å². The van der Waals surface area contributed by atoms with E-state index in [0.29, 0.717) is 24.8 Å². The van der Waals surface area contributed by atoms with E-state index in [1.807, 2.05) is 6.92 Å². The fraction of sp³-hybridized carbons (Fsp3) is 0.545. The van der Waals surface area contributed by atoms with Crippen molar-refractivity contribution in [3.8, 4) is 0 Å². The zero-order valence-corrected chi connectivity index (χ0v) is 8.57. The fourth-order valence-electron chi connectivity index (χ4n) is 1.27. The molecular weight excluding hydrogens is 180 g/mol. The van der Waals surface area contributed by atoms with Crippen molar-refractivity contribution in [2.75, 3.05) is 6.61 Å². The van der Waals surface area contributed by atoms with Gasteiger partial charge in [-0.3, -0.25) is 0 Å². The van der Waals surface area contributed by atoms with Crippen LogP contribution in [0.1, 0.15) is 26.2 Å². The first-order chi connectivity index (χ1) is 6.65. The number of allylic oxidation sites excluding steroid dienone is 2. The van der Waals surface area contributed by atoms with Gasteiger partial charge in [0.25, 0.3) is 0 Å². The molecule has 0 saturated carbocycles. The largest absolute Gasteiger partial charge is 0.478 e. The van der Waals surface area contributed by atoms with Gasteiger partial charge in [0.2, 0.25) is 0 Å². The average Bonchev–Trinajstić information content (AvgIpc) is 2.14. The van der Waals surface area contributed by atoms with Crippen LogP contribution >= 0.6 is 0 Å². The van der Waals surface area contributed by atoms with Crippen LogP contribution in [-0.4, -0.2) is 22.8 Å². The van der Waals surface area contributed by atoms with Crippen molar-refractivity contribution in [1.82, 2.24) is 0 Å². The lowest BCUT2D eigenvalue weighted by molar-refractivity contribution is -0.132. The highest BCUT2D eigenvalue weighted by molar-refractivity contribution is 5.86. The van der Waals surface area contributed by atoms with Gasteiger partial charge in [-0.05, 0) is 25.2 Å². The van der Waals surface area contributed by atoms with E-state index in [1.54, 1.807) is 12.2 Å². The molecule has 2 N–H and O–H groups in total. The molecule has 0 heterocycles. The maximum atomic E-state index is 10.7. The molecule has 3 nitrogen and oxygen atoms in total. The van der Waals surface area contributed by atoms with Gasteiger partial charge in [0.15, 0.2) is 0 Å². The maximum Gasteiger partial charge on any atom is 0.331 e. The predicted octanol–water partition coefficient (Wildman–Crippen LogP) is 1.98. The van der Waals surface area contributed by atoms with Crippen LogP contribution in [0.15, 0.2) is 24.3 Å². The Balaban J connectivity index is 4.48. The van der Waals surface area contributed by atoms with Gasteiger partial charge < -0.3 is 10.2 Å². The van der Waals surface area contributed by atoms with Crippen LogP contribution in [0, 0.1) is 5.92 Å². The number of carbonyl (C=O) groups is 1. The zero-order chi connectivity index (χ0) is 11.0. The average molecular weight is 198 g/mol. The molecule has 1 atom stereocenters. The molecule has 0 saturated heterocycles. The predicted molar refractivity (Wildman–Crippen MR) is 56.0 cm³/mol. The van der Waals surface area contributed by atoms with E-state index >= 15 is 0 Å². The van der Waals surface area contributed by atoms with E-state index < -0.39 is 5.97 Å². The van der Waals surface area contributed by atoms with Crippen molar-refractivity contribution < 1.29 is 15.0 Å². The smallest absolute Gasteiger partial charge is 0.331 e. The van der Waals surface area contributed by atoms with Crippen LogP contribution in [-0.2, 0) is 4.79 Å². The summed E-state index contributed by atoms with van der Waals surface area (Å²) in [7, 11) is 0. The van der Waals surface area contributed by atoms with Crippen molar-refractivity contribution in [2.24, 2.45) is 5.92 Å². The summed E-state index contributed by atoms with van der Waals surface area (Å²) in [4.78, 5) is 10.7. The second-order valence-electron chi connectivity index (χ2n) is 3.15. The summed E-state index contributed by atoms with van der Waals surface area (Å²) in [6.07, 6.45) is 5.26. The normalized spacial score (nSPS) is 13.7. The highest BCUT2D eigenvalue weighted by Gasteiger charge is 2.09. The first kappa shape index (κ1) is 12.9. The molecule has 80 valence electrons. The lowest BCUT2D eigenvalue weighted by Crippen LogP contribution is -2.05. The molecule has 0 aliphatic carbocycles. The molecule has 0 radical (unpaired) electrons. The molecule has 14 heavy (non-hydrogen) atoms. The Morgan fingerprint density at radius 1 is 1.57 bits per heavy atom. The molecule has 0 aromatic rings. The SMILES string of the molecule is C=CCC(C=C(CC)C(=O)O)CCO. The van der Waals surface area contributed by atoms with Crippen LogP contribution < -0.4 is 0 Å². The van der Waals surface area contributed by atoms with E-state index in [2.05, 4.69) is 6.58 Å². The molecule has 0 aliphatic heterocycles. The number of aliphatic carboxylic acids is 1. The van der Waals surface area contributed by atoms with E-state index in [4.69, 9.17) is 10.2 Å². The van der Waals surface area contributed by atoms with Crippen LogP contribution in [0.2, 0.25) is 0 Å². The second kappa shape index (κ2) is 7.33. The van der Waals surface area contributed by atoms with E-state index in [1.165, 1.54) is 0 Å². The molecule has 0 bridgehead atoms. The molecule has 0 rings (SSSR count). The molecule has 1 unspecified atom stereocenters. The lowest BCUT2D eigenvalue weighted by Gasteiger charge is -2.09. The molecule has 0 aliphatic rings. The Bertz CT molecular complexity index is 219. The van der Waals surface area contributed by atoms with Crippen LogP contribution in [0.4, 0.5) is 0 Å². The van der Waals surface area contributed by atoms with Gasteiger partial charge in [-0.15, -0.1) is 6.58 Å². The van der Waals surface area contributed by atoms with Crippen molar-refractivity contribution in [1.29, 1.82) is 0 Å². The fourth-order valence-corrected chi connectivity index (χ4v) is 1.27. The highest BCUT2D eigenvalue weighted by Crippen LogP contribution is 2.15. The minimum absolute atomic E-state index is 0.0750. The summed E-state index contributed by atoms with van der Waals surface area (Å²) in [5, 5.41) is 17.6. The van der Waals surface area contributed by atoms with Crippen molar-refractivity contribution in [3.05, 3.63) is 24.3 Å². The van der Waals surface area contributed by atoms with Crippen molar-refractivity contribution in [3.63, 3.8) is 0 Å². The van der Waals surface area contributed by atoms with Gasteiger partial charge in [0.05, 0.1) is 0 Å². The summed E-state index contributed by atoms with van der Waals surface area (Å²) in [5.74, 6) is -0.789. The monoisotopic (exact) mass is 198 g/mol. The summed E-state index contributed by atoms with van der Waals surface area (Å²) in [6, 6.07) is 0. The number of carboxylic acids is 1. The van der Waals surface area contributed by atoms with Crippen LogP contribution in [0.25, 0.3) is 0 Å². The van der Waals surface area contributed by atoms with Gasteiger partial charge in [-0.2, -0.15) is 0 Å². The molecule has 0 aromatic carbocycles. The van der Waals surface area contributed by atoms with Crippen LogP contribution in [0.3, 0.4) is 0 Å². The molecule has 0 spiro atoms. The molecule has 3 heteroatoms. The Morgan fingerprint density at radius 3 is 2.57 bits per heavy atom. The number of aliphatic hydroxyl groups excluding tert-OH is 1. The molecule has 0 fully saturated rings. The Kier molecular flexibility index (Phi) is 6.76.